The van der Waals surface area contributed by atoms with Gasteiger partial charge < -0.3 is 10.6 Å². The largest absolute Gasteiger partial charge is 0.416 e. The molecule has 5 nitrogen and oxygen atoms in total. The van der Waals surface area contributed by atoms with Crippen molar-refractivity contribution in [2.45, 2.75) is 39.3 Å². The Morgan fingerprint density at radius 1 is 1.15 bits per heavy atom. The van der Waals surface area contributed by atoms with E-state index in [0.29, 0.717) is 12.4 Å². The number of amides is 1. The van der Waals surface area contributed by atoms with E-state index in [1.165, 1.54) is 18.2 Å². The first-order valence-corrected chi connectivity index (χ1v) is 8.37. The van der Waals surface area contributed by atoms with Crippen LogP contribution in [0.1, 0.15) is 48.1 Å². The quantitative estimate of drug-likeness (QED) is 0.710. The highest BCUT2D eigenvalue weighted by Crippen LogP contribution is 2.31. The fourth-order valence-corrected chi connectivity index (χ4v) is 2.34. The molecule has 0 atom stereocenters. The van der Waals surface area contributed by atoms with E-state index < -0.39 is 11.7 Å². The number of carbonyl (C=O) groups is 1. The predicted molar refractivity (Wildman–Crippen MR) is 93.4 cm³/mol. The Morgan fingerprint density at radius 3 is 2.62 bits per heavy atom. The van der Waals surface area contributed by atoms with Crippen molar-refractivity contribution in [2.75, 3.05) is 11.9 Å². The fourth-order valence-electron chi connectivity index (χ4n) is 2.34. The molecule has 1 aromatic heterocycles. The molecule has 26 heavy (non-hydrogen) atoms. The molecular weight excluding hydrogens is 345 g/mol. The minimum atomic E-state index is -4.43. The summed E-state index contributed by atoms with van der Waals surface area (Å²) in [6.07, 6.45) is -1.48. The zero-order valence-corrected chi connectivity index (χ0v) is 14.7. The van der Waals surface area contributed by atoms with E-state index in [0.717, 1.165) is 31.4 Å². The van der Waals surface area contributed by atoms with Gasteiger partial charge in [0.05, 0.1) is 5.56 Å². The lowest BCUT2D eigenvalue weighted by atomic mass is 10.2. The van der Waals surface area contributed by atoms with E-state index >= 15 is 0 Å². The molecule has 0 radical (unpaired) electrons. The Bertz CT molecular complexity index is 762. The Hall–Kier alpha value is -2.64. The van der Waals surface area contributed by atoms with Crippen LogP contribution in [-0.4, -0.2) is 22.4 Å². The molecule has 1 heterocycles. The number of unbranched alkanes of at least 4 members (excludes halogenated alkanes) is 2. The van der Waals surface area contributed by atoms with Crippen LogP contribution >= 0.6 is 0 Å². The van der Waals surface area contributed by atoms with Gasteiger partial charge in [-0.1, -0.05) is 25.8 Å². The first kappa shape index (κ1) is 19.7. The second-order valence-corrected chi connectivity index (χ2v) is 5.85. The van der Waals surface area contributed by atoms with E-state index in [2.05, 4.69) is 27.5 Å². The van der Waals surface area contributed by atoms with Gasteiger partial charge in [-0.2, -0.15) is 13.2 Å². The lowest BCUT2D eigenvalue weighted by Gasteiger charge is -2.11. The number of anilines is 2. The molecule has 0 aliphatic rings. The minimum Gasteiger partial charge on any atom is -0.351 e. The van der Waals surface area contributed by atoms with Crippen molar-refractivity contribution in [1.82, 2.24) is 15.3 Å². The summed E-state index contributed by atoms with van der Waals surface area (Å²) in [5.74, 6) is 0.273. The van der Waals surface area contributed by atoms with Crippen LogP contribution in [0, 0.1) is 6.92 Å². The van der Waals surface area contributed by atoms with Crippen LogP contribution in [0.3, 0.4) is 0 Å². The number of carbonyl (C=O) groups excluding carboxylic acids is 1. The standard InChI is InChI=1S/C18H21F3N4O/c1-3-4-5-9-22-17(26)15-11-16(24-12(2)23-15)25-14-8-6-7-13(10-14)18(19,20)21/h6-8,10-11H,3-5,9H2,1-2H3,(H,22,26)(H,23,24,25). The highest BCUT2D eigenvalue weighted by atomic mass is 19.4. The lowest BCUT2D eigenvalue weighted by molar-refractivity contribution is -0.137. The van der Waals surface area contributed by atoms with E-state index in [9.17, 15) is 18.0 Å². The molecule has 8 heteroatoms. The van der Waals surface area contributed by atoms with Crippen LogP contribution in [0.5, 0.6) is 0 Å². The Morgan fingerprint density at radius 2 is 1.92 bits per heavy atom. The van der Waals surface area contributed by atoms with Crippen LogP contribution in [0.4, 0.5) is 24.7 Å². The summed E-state index contributed by atoms with van der Waals surface area (Å²) in [5, 5.41) is 5.57. The summed E-state index contributed by atoms with van der Waals surface area (Å²) >= 11 is 0. The number of aryl methyl sites for hydroxylation is 1. The van der Waals surface area contributed by atoms with Gasteiger partial charge in [-0.3, -0.25) is 4.79 Å². The predicted octanol–water partition coefficient (Wildman–Crippen LogP) is 4.47. The first-order valence-electron chi connectivity index (χ1n) is 8.37. The number of halogens is 3. The van der Waals surface area contributed by atoms with Gasteiger partial charge in [0.1, 0.15) is 17.3 Å². The van der Waals surface area contributed by atoms with E-state index in [1.807, 2.05) is 0 Å². The summed E-state index contributed by atoms with van der Waals surface area (Å²) in [6, 6.07) is 6.20. The van der Waals surface area contributed by atoms with Gasteiger partial charge in [0.2, 0.25) is 0 Å². The number of hydrogen-bond donors (Lipinski definition) is 2. The third kappa shape index (κ3) is 5.72. The van der Waals surface area contributed by atoms with Crippen molar-refractivity contribution in [3.05, 3.63) is 47.4 Å². The number of nitrogens with one attached hydrogen (secondary N) is 2. The van der Waals surface area contributed by atoms with Gasteiger partial charge >= 0.3 is 6.18 Å². The molecule has 0 bridgehead atoms. The second-order valence-electron chi connectivity index (χ2n) is 5.85. The molecule has 0 unspecified atom stereocenters. The van der Waals surface area contributed by atoms with Gasteiger partial charge in [0.25, 0.3) is 5.91 Å². The van der Waals surface area contributed by atoms with E-state index in [-0.39, 0.29) is 23.1 Å². The molecule has 0 saturated heterocycles. The van der Waals surface area contributed by atoms with Crippen molar-refractivity contribution in [3.63, 3.8) is 0 Å². The number of hydrogen-bond acceptors (Lipinski definition) is 4. The molecule has 0 aliphatic heterocycles. The average molecular weight is 366 g/mol. The Kier molecular flexibility index (Phi) is 6.54. The van der Waals surface area contributed by atoms with Gasteiger partial charge in [-0.25, -0.2) is 9.97 Å². The maximum atomic E-state index is 12.8. The monoisotopic (exact) mass is 366 g/mol. The maximum absolute atomic E-state index is 12.8. The third-order valence-corrected chi connectivity index (χ3v) is 3.60. The van der Waals surface area contributed by atoms with Gasteiger partial charge in [-0.05, 0) is 31.5 Å². The Balaban J connectivity index is 2.13. The topological polar surface area (TPSA) is 66.9 Å². The normalized spacial score (nSPS) is 11.3. The van der Waals surface area contributed by atoms with Crippen LogP contribution in [0.25, 0.3) is 0 Å². The summed E-state index contributed by atoms with van der Waals surface area (Å²) in [5.41, 5.74) is -0.363. The van der Waals surface area contributed by atoms with Crippen molar-refractivity contribution in [2.24, 2.45) is 0 Å². The second kappa shape index (κ2) is 8.64. The zero-order chi connectivity index (χ0) is 19.2. The molecule has 1 aromatic carbocycles. The molecule has 2 aromatic rings. The Labute approximate surface area is 150 Å². The number of benzene rings is 1. The molecule has 2 rings (SSSR count). The fraction of sp³-hybridized carbons (Fsp3) is 0.389. The smallest absolute Gasteiger partial charge is 0.351 e. The van der Waals surface area contributed by atoms with E-state index in [1.54, 1.807) is 6.92 Å². The zero-order valence-electron chi connectivity index (χ0n) is 14.7. The maximum Gasteiger partial charge on any atom is 0.416 e. The van der Waals surface area contributed by atoms with Crippen molar-refractivity contribution >= 4 is 17.4 Å². The summed E-state index contributed by atoms with van der Waals surface area (Å²) in [4.78, 5) is 20.4. The lowest BCUT2D eigenvalue weighted by Crippen LogP contribution is -2.25. The molecular formula is C18H21F3N4O. The number of nitrogens with zero attached hydrogens (tertiary/aromatic N) is 2. The first-order chi connectivity index (χ1) is 12.3. The summed E-state index contributed by atoms with van der Waals surface area (Å²) in [7, 11) is 0. The molecule has 140 valence electrons. The highest BCUT2D eigenvalue weighted by molar-refractivity contribution is 5.93. The van der Waals surface area contributed by atoms with Crippen LogP contribution in [0.2, 0.25) is 0 Å². The SMILES string of the molecule is CCCCCNC(=O)c1cc(Nc2cccc(C(F)(F)F)c2)nc(C)n1. The van der Waals surface area contributed by atoms with Gasteiger partial charge in [0, 0.05) is 18.3 Å². The van der Waals surface area contributed by atoms with E-state index in [4.69, 9.17) is 0 Å². The van der Waals surface area contributed by atoms with Crippen molar-refractivity contribution < 1.29 is 18.0 Å². The van der Waals surface area contributed by atoms with Gasteiger partial charge in [-0.15, -0.1) is 0 Å². The summed E-state index contributed by atoms with van der Waals surface area (Å²) in [6.45, 7) is 4.23. The minimum absolute atomic E-state index is 0.170. The number of aromatic nitrogens is 2. The summed E-state index contributed by atoms with van der Waals surface area (Å²) < 4.78 is 38.4. The molecule has 0 spiro atoms. The number of alkyl halides is 3. The molecule has 2 N–H and O–H groups in total. The van der Waals surface area contributed by atoms with Crippen LogP contribution in [0.15, 0.2) is 30.3 Å². The number of rotatable bonds is 7. The van der Waals surface area contributed by atoms with Crippen LogP contribution < -0.4 is 10.6 Å². The average Bonchev–Trinajstić information content (AvgIpc) is 2.57. The molecule has 0 saturated carbocycles. The van der Waals surface area contributed by atoms with Gasteiger partial charge in [0.15, 0.2) is 0 Å². The molecule has 0 aliphatic carbocycles. The van der Waals surface area contributed by atoms with Crippen molar-refractivity contribution in [1.29, 1.82) is 0 Å². The highest BCUT2D eigenvalue weighted by Gasteiger charge is 2.30. The molecule has 0 fully saturated rings. The van der Waals surface area contributed by atoms with Crippen LogP contribution in [-0.2, 0) is 6.18 Å². The van der Waals surface area contributed by atoms with Crippen molar-refractivity contribution in [3.8, 4) is 0 Å². The third-order valence-electron chi connectivity index (χ3n) is 3.60. The molecule has 1 amide bonds.